The molecule has 0 spiro atoms. The first-order chi connectivity index (χ1) is 16.0. The molecule has 1 N–H and O–H groups in total. The number of morpholine rings is 1. The number of hydrogen-bond acceptors (Lipinski definition) is 5. The van der Waals surface area contributed by atoms with Crippen LogP contribution in [0.3, 0.4) is 0 Å². The number of aliphatic hydroxyl groups is 1. The fourth-order valence-corrected chi connectivity index (χ4v) is 4.77. The molecule has 0 bridgehead atoms. The second-order valence-electron chi connectivity index (χ2n) is 10.6. The number of carbonyl (C=O) groups excluding carboxylic acids is 1. The summed E-state index contributed by atoms with van der Waals surface area (Å²) in [6.07, 6.45) is -1.10. The molecular formula is C27H36FN3O3. The van der Waals surface area contributed by atoms with Crippen LogP contribution in [0.25, 0.3) is 0 Å². The van der Waals surface area contributed by atoms with Crippen molar-refractivity contribution in [3.63, 3.8) is 0 Å². The average molecular weight is 470 g/mol. The molecule has 7 heteroatoms. The fourth-order valence-electron chi connectivity index (χ4n) is 4.77. The first-order valence-electron chi connectivity index (χ1n) is 12.0. The third kappa shape index (κ3) is 4.83. The van der Waals surface area contributed by atoms with Crippen molar-refractivity contribution in [1.29, 1.82) is 0 Å². The highest BCUT2D eigenvalue weighted by atomic mass is 19.1. The number of amides is 1. The predicted molar refractivity (Wildman–Crippen MR) is 133 cm³/mol. The van der Waals surface area contributed by atoms with Crippen LogP contribution in [0, 0.1) is 5.82 Å². The van der Waals surface area contributed by atoms with Crippen LogP contribution in [0.1, 0.15) is 38.8 Å². The molecule has 6 nitrogen and oxygen atoms in total. The third-order valence-corrected chi connectivity index (χ3v) is 6.99. The molecule has 34 heavy (non-hydrogen) atoms. The van der Waals surface area contributed by atoms with Gasteiger partial charge in [0.1, 0.15) is 11.4 Å². The van der Waals surface area contributed by atoms with Gasteiger partial charge in [-0.25, -0.2) is 4.39 Å². The van der Waals surface area contributed by atoms with Gasteiger partial charge in [-0.2, -0.15) is 0 Å². The Labute approximate surface area is 201 Å². The Morgan fingerprint density at radius 3 is 2.24 bits per heavy atom. The van der Waals surface area contributed by atoms with E-state index >= 15 is 0 Å². The Hall–Kier alpha value is -2.48. The van der Waals surface area contributed by atoms with Crippen molar-refractivity contribution in [3.8, 4) is 0 Å². The van der Waals surface area contributed by atoms with Crippen molar-refractivity contribution in [2.45, 2.75) is 44.8 Å². The van der Waals surface area contributed by atoms with Crippen LogP contribution in [0.4, 0.5) is 15.8 Å². The summed E-state index contributed by atoms with van der Waals surface area (Å²) in [6.45, 7) is 11.9. The molecular weight excluding hydrogens is 433 g/mol. The summed E-state index contributed by atoms with van der Waals surface area (Å²) in [5.74, 6) is -0.668. The Bertz CT molecular complexity index is 1020. The van der Waals surface area contributed by atoms with E-state index in [0.717, 1.165) is 31.9 Å². The van der Waals surface area contributed by atoms with Crippen LogP contribution < -0.4 is 9.80 Å². The molecule has 2 heterocycles. The largest absolute Gasteiger partial charge is 0.382 e. The zero-order chi connectivity index (χ0) is 24.7. The zero-order valence-electron chi connectivity index (χ0n) is 20.8. The van der Waals surface area contributed by atoms with Crippen molar-refractivity contribution in [1.82, 2.24) is 4.90 Å². The van der Waals surface area contributed by atoms with E-state index in [2.05, 4.69) is 37.6 Å². The van der Waals surface area contributed by atoms with Gasteiger partial charge in [0.05, 0.1) is 6.61 Å². The molecule has 0 aliphatic carbocycles. The monoisotopic (exact) mass is 469 g/mol. The minimum Gasteiger partial charge on any atom is -0.382 e. The van der Waals surface area contributed by atoms with Gasteiger partial charge in [-0.3, -0.25) is 4.79 Å². The van der Waals surface area contributed by atoms with Gasteiger partial charge < -0.3 is 24.5 Å². The number of piperazine rings is 1. The molecule has 0 radical (unpaired) electrons. The molecule has 2 aliphatic heterocycles. The minimum atomic E-state index is -1.63. The summed E-state index contributed by atoms with van der Waals surface area (Å²) in [4.78, 5) is 19.5. The van der Waals surface area contributed by atoms with Crippen molar-refractivity contribution < 1.29 is 19.0 Å². The van der Waals surface area contributed by atoms with E-state index in [1.54, 1.807) is 17.9 Å². The Balaban J connectivity index is 1.63. The first-order valence-corrected chi connectivity index (χ1v) is 12.0. The van der Waals surface area contributed by atoms with E-state index in [1.807, 2.05) is 24.3 Å². The summed E-state index contributed by atoms with van der Waals surface area (Å²) in [6, 6.07) is 12.3. The van der Waals surface area contributed by atoms with Crippen LogP contribution in [0.5, 0.6) is 0 Å². The number of nitrogens with zero attached hydrogens (tertiary/aromatic N) is 3. The van der Waals surface area contributed by atoms with Gasteiger partial charge in [-0.15, -0.1) is 0 Å². The SMILES string of the molecule is CN1CCN(c2cc(F)ccc2C(C)(O)C2OCCN(c3ccc(C(C)(C)C)cc3)C2=O)CC1. The number of rotatable bonds is 4. The van der Waals surface area contributed by atoms with Crippen molar-refractivity contribution in [3.05, 3.63) is 59.4 Å². The van der Waals surface area contributed by atoms with Crippen LogP contribution in [0.15, 0.2) is 42.5 Å². The Morgan fingerprint density at radius 1 is 0.971 bits per heavy atom. The van der Waals surface area contributed by atoms with Gasteiger partial charge in [0, 0.05) is 49.7 Å². The lowest BCUT2D eigenvalue weighted by molar-refractivity contribution is -0.156. The van der Waals surface area contributed by atoms with E-state index in [0.29, 0.717) is 24.4 Å². The minimum absolute atomic E-state index is 0.0159. The van der Waals surface area contributed by atoms with Crippen LogP contribution in [-0.2, 0) is 20.5 Å². The molecule has 2 atom stereocenters. The summed E-state index contributed by atoms with van der Waals surface area (Å²) in [7, 11) is 2.05. The summed E-state index contributed by atoms with van der Waals surface area (Å²) in [5, 5.41) is 11.7. The summed E-state index contributed by atoms with van der Waals surface area (Å²) < 4.78 is 20.1. The van der Waals surface area contributed by atoms with E-state index in [4.69, 9.17) is 4.74 Å². The highest BCUT2D eigenvalue weighted by molar-refractivity contribution is 5.98. The second kappa shape index (κ2) is 9.29. The van der Waals surface area contributed by atoms with E-state index in [1.165, 1.54) is 17.7 Å². The molecule has 2 saturated heterocycles. The number of anilines is 2. The van der Waals surface area contributed by atoms with Gasteiger partial charge in [0.2, 0.25) is 0 Å². The maximum absolute atomic E-state index is 14.3. The third-order valence-electron chi connectivity index (χ3n) is 6.99. The predicted octanol–water partition coefficient (Wildman–Crippen LogP) is 3.51. The molecule has 2 aliphatic rings. The van der Waals surface area contributed by atoms with Crippen molar-refractivity contribution in [2.24, 2.45) is 0 Å². The number of halogens is 1. The second-order valence-corrected chi connectivity index (χ2v) is 10.6. The number of likely N-dealkylation sites (N-methyl/N-ethyl adjacent to an activating group) is 1. The molecule has 2 fully saturated rings. The molecule has 2 unspecified atom stereocenters. The highest BCUT2D eigenvalue weighted by Gasteiger charge is 2.46. The molecule has 0 aromatic heterocycles. The molecule has 4 rings (SSSR count). The Morgan fingerprint density at radius 2 is 1.62 bits per heavy atom. The summed E-state index contributed by atoms with van der Waals surface area (Å²) in [5.41, 5.74) is 1.46. The van der Waals surface area contributed by atoms with Crippen LogP contribution in [-0.4, -0.2) is 68.4 Å². The smallest absolute Gasteiger partial charge is 0.259 e. The quantitative estimate of drug-likeness (QED) is 0.743. The summed E-state index contributed by atoms with van der Waals surface area (Å²) >= 11 is 0. The van der Waals surface area contributed by atoms with Gasteiger partial charge in [0.25, 0.3) is 5.91 Å². The zero-order valence-corrected chi connectivity index (χ0v) is 20.8. The lowest BCUT2D eigenvalue weighted by Gasteiger charge is -2.42. The first kappa shape index (κ1) is 24.6. The number of hydrogen-bond donors (Lipinski definition) is 1. The van der Waals surface area contributed by atoms with E-state index in [9.17, 15) is 14.3 Å². The standard InChI is InChI=1S/C27H36FN3O3/c1-26(2,3)19-6-9-21(10-7-19)31-16-17-34-24(25(31)32)27(4,33)22-11-8-20(28)18-23(22)30-14-12-29(5)13-15-30/h6-11,18,24,33H,12-17H2,1-5H3. The average Bonchev–Trinajstić information content (AvgIpc) is 2.79. The number of benzene rings is 2. The Kier molecular flexibility index (Phi) is 6.73. The molecule has 2 aromatic rings. The van der Waals surface area contributed by atoms with Gasteiger partial charge in [-0.1, -0.05) is 39.0 Å². The maximum atomic E-state index is 14.3. The van der Waals surface area contributed by atoms with E-state index in [-0.39, 0.29) is 17.1 Å². The van der Waals surface area contributed by atoms with Crippen molar-refractivity contribution in [2.75, 3.05) is 56.2 Å². The maximum Gasteiger partial charge on any atom is 0.259 e. The lowest BCUT2D eigenvalue weighted by atomic mass is 9.86. The highest BCUT2D eigenvalue weighted by Crippen LogP contribution is 2.38. The normalized spacial score (nSPS) is 22.1. The molecule has 2 aromatic carbocycles. The molecule has 1 amide bonds. The molecule has 184 valence electrons. The fraction of sp³-hybridized carbons (Fsp3) is 0.519. The van der Waals surface area contributed by atoms with Crippen LogP contribution >= 0.6 is 0 Å². The van der Waals surface area contributed by atoms with Crippen molar-refractivity contribution >= 4 is 17.3 Å². The lowest BCUT2D eigenvalue weighted by Crippen LogP contribution is -2.56. The topological polar surface area (TPSA) is 56.2 Å². The van der Waals surface area contributed by atoms with Gasteiger partial charge >= 0.3 is 0 Å². The van der Waals surface area contributed by atoms with Gasteiger partial charge in [0.15, 0.2) is 6.10 Å². The van der Waals surface area contributed by atoms with E-state index < -0.39 is 11.7 Å². The van der Waals surface area contributed by atoms with Crippen LogP contribution in [0.2, 0.25) is 0 Å². The number of ether oxygens (including phenoxy) is 1. The van der Waals surface area contributed by atoms with Gasteiger partial charge in [-0.05, 0) is 49.2 Å². The molecule has 0 saturated carbocycles. The number of carbonyl (C=O) groups is 1.